The number of hydrogen-bond donors (Lipinski definition) is 3. The SMILES string of the molecule is COCC(CO)NCC(=O)Nc1cccc(OC)c1. The van der Waals surface area contributed by atoms with E-state index in [4.69, 9.17) is 14.6 Å². The van der Waals surface area contributed by atoms with Crippen molar-refractivity contribution in [1.82, 2.24) is 5.32 Å². The zero-order valence-corrected chi connectivity index (χ0v) is 11.2. The van der Waals surface area contributed by atoms with E-state index in [2.05, 4.69) is 10.6 Å². The van der Waals surface area contributed by atoms with Crippen LogP contribution in [0.25, 0.3) is 0 Å². The summed E-state index contributed by atoms with van der Waals surface area (Å²) in [6, 6.07) is 6.86. The predicted molar refractivity (Wildman–Crippen MR) is 72.4 cm³/mol. The summed E-state index contributed by atoms with van der Waals surface area (Å²) in [7, 11) is 3.11. The number of rotatable bonds is 8. The molecule has 0 aliphatic rings. The molecule has 0 saturated carbocycles. The van der Waals surface area contributed by atoms with Crippen molar-refractivity contribution in [2.24, 2.45) is 0 Å². The van der Waals surface area contributed by atoms with Crippen LogP contribution in [0, 0.1) is 0 Å². The Morgan fingerprint density at radius 3 is 2.84 bits per heavy atom. The largest absolute Gasteiger partial charge is 0.497 e. The van der Waals surface area contributed by atoms with Crippen LogP contribution in [0.3, 0.4) is 0 Å². The van der Waals surface area contributed by atoms with Crippen molar-refractivity contribution in [2.45, 2.75) is 6.04 Å². The minimum Gasteiger partial charge on any atom is -0.497 e. The number of aliphatic hydroxyl groups is 1. The van der Waals surface area contributed by atoms with Crippen LogP contribution in [-0.4, -0.2) is 51.0 Å². The third-order valence-electron chi connectivity index (χ3n) is 2.49. The molecule has 19 heavy (non-hydrogen) atoms. The topological polar surface area (TPSA) is 79.8 Å². The number of carbonyl (C=O) groups is 1. The fraction of sp³-hybridized carbons (Fsp3) is 0.462. The van der Waals surface area contributed by atoms with Gasteiger partial charge in [-0.3, -0.25) is 4.79 Å². The molecule has 6 nitrogen and oxygen atoms in total. The smallest absolute Gasteiger partial charge is 0.238 e. The molecule has 106 valence electrons. The Morgan fingerprint density at radius 2 is 2.21 bits per heavy atom. The highest BCUT2D eigenvalue weighted by molar-refractivity contribution is 5.92. The van der Waals surface area contributed by atoms with Crippen molar-refractivity contribution < 1.29 is 19.4 Å². The molecule has 0 bridgehead atoms. The van der Waals surface area contributed by atoms with Gasteiger partial charge >= 0.3 is 0 Å². The quantitative estimate of drug-likeness (QED) is 0.629. The molecule has 0 spiro atoms. The molecule has 3 N–H and O–H groups in total. The lowest BCUT2D eigenvalue weighted by Crippen LogP contribution is -2.41. The van der Waals surface area contributed by atoms with Gasteiger partial charge in [0.25, 0.3) is 0 Å². The van der Waals surface area contributed by atoms with Gasteiger partial charge in [-0.25, -0.2) is 0 Å². The number of amides is 1. The number of aliphatic hydroxyl groups excluding tert-OH is 1. The van der Waals surface area contributed by atoms with E-state index in [0.717, 1.165) is 0 Å². The van der Waals surface area contributed by atoms with Gasteiger partial charge < -0.3 is 25.2 Å². The van der Waals surface area contributed by atoms with Crippen molar-refractivity contribution in [1.29, 1.82) is 0 Å². The average molecular weight is 268 g/mol. The molecule has 6 heteroatoms. The summed E-state index contributed by atoms with van der Waals surface area (Å²) in [4.78, 5) is 11.7. The van der Waals surface area contributed by atoms with E-state index in [1.165, 1.54) is 0 Å². The fourth-order valence-electron chi connectivity index (χ4n) is 1.52. The van der Waals surface area contributed by atoms with Crippen molar-refractivity contribution >= 4 is 11.6 Å². The first-order chi connectivity index (χ1) is 9.19. The Balaban J connectivity index is 2.41. The first-order valence-electron chi connectivity index (χ1n) is 5.96. The molecule has 0 saturated heterocycles. The minimum atomic E-state index is -0.249. The van der Waals surface area contributed by atoms with Crippen LogP contribution in [0.15, 0.2) is 24.3 Å². The molecule has 0 aliphatic heterocycles. The summed E-state index contributed by atoms with van der Waals surface area (Å²) < 4.78 is 9.97. The van der Waals surface area contributed by atoms with Gasteiger partial charge in [-0.05, 0) is 12.1 Å². The van der Waals surface area contributed by atoms with E-state index in [1.54, 1.807) is 38.5 Å². The molecular formula is C13H20N2O4. The summed E-state index contributed by atoms with van der Waals surface area (Å²) in [6.07, 6.45) is 0. The maximum Gasteiger partial charge on any atom is 0.238 e. The van der Waals surface area contributed by atoms with Crippen molar-refractivity contribution in [3.63, 3.8) is 0 Å². The van der Waals surface area contributed by atoms with E-state index < -0.39 is 0 Å². The van der Waals surface area contributed by atoms with Gasteiger partial charge in [0.1, 0.15) is 5.75 Å². The van der Waals surface area contributed by atoms with Crippen LogP contribution in [0.5, 0.6) is 5.75 Å². The Labute approximate surface area is 112 Å². The number of methoxy groups -OCH3 is 2. The van der Waals surface area contributed by atoms with E-state index >= 15 is 0 Å². The Morgan fingerprint density at radius 1 is 1.42 bits per heavy atom. The lowest BCUT2D eigenvalue weighted by Gasteiger charge is -2.15. The molecule has 1 unspecified atom stereocenters. The third kappa shape index (κ3) is 5.69. The normalized spacial score (nSPS) is 11.9. The summed E-state index contributed by atoms with van der Waals surface area (Å²) in [6.45, 7) is 0.370. The van der Waals surface area contributed by atoms with Gasteiger partial charge in [0.2, 0.25) is 5.91 Å². The average Bonchev–Trinajstić information content (AvgIpc) is 2.43. The predicted octanol–water partition coefficient (Wildman–Crippen LogP) is 0.231. The van der Waals surface area contributed by atoms with E-state index in [0.29, 0.717) is 18.0 Å². The highest BCUT2D eigenvalue weighted by Gasteiger charge is 2.09. The van der Waals surface area contributed by atoms with Gasteiger partial charge in [0, 0.05) is 18.9 Å². The van der Waals surface area contributed by atoms with E-state index in [-0.39, 0.29) is 25.1 Å². The summed E-state index contributed by atoms with van der Waals surface area (Å²) >= 11 is 0. The van der Waals surface area contributed by atoms with Gasteiger partial charge in [0.15, 0.2) is 0 Å². The van der Waals surface area contributed by atoms with Crippen LogP contribution < -0.4 is 15.4 Å². The highest BCUT2D eigenvalue weighted by Crippen LogP contribution is 2.16. The molecule has 0 aliphatic carbocycles. The Bertz CT molecular complexity index is 398. The summed E-state index contributed by atoms with van der Waals surface area (Å²) in [5, 5.41) is 14.7. The molecule has 0 radical (unpaired) electrons. The number of hydrogen-bond acceptors (Lipinski definition) is 5. The number of carbonyl (C=O) groups excluding carboxylic acids is 1. The first kappa shape index (κ1) is 15.4. The number of nitrogens with one attached hydrogen (secondary N) is 2. The molecule has 1 aromatic rings. The second-order valence-electron chi connectivity index (χ2n) is 4.00. The third-order valence-corrected chi connectivity index (χ3v) is 2.49. The van der Waals surface area contributed by atoms with Crippen LogP contribution in [0.4, 0.5) is 5.69 Å². The maximum absolute atomic E-state index is 11.7. The molecule has 1 aromatic carbocycles. The number of anilines is 1. The molecular weight excluding hydrogens is 248 g/mol. The minimum absolute atomic E-state index is 0.0831. The lowest BCUT2D eigenvalue weighted by molar-refractivity contribution is -0.115. The molecule has 0 aromatic heterocycles. The summed E-state index contributed by atoms with van der Waals surface area (Å²) in [5.41, 5.74) is 0.665. The molecule has 0 fully saturated rings. The Kier molecular flexibility index (Phi) is 6.88. The van der Waals surface area contributed by atoms with Gasteiger partial charge in [-0.15, -0.1) is 0 Å². The van der Waals surface area contributed by atoms with Gasteiger partial charge in [-0.1, -0.05) is 6.07 Å². The van der Waals surface area contributed by atoms with E-state index in [1.807, 2.05) is 0 Å². The molecule has 1 rings (SSSR count). The van der Waals surface area contributed by atoms with E-state index in [9.17, 15) is 4.79 Å². The molecule has 1 atom stereocenters. The van der Waals surface area contributed by atoms with Crippen molar-refractivity contribution in [3.8, 4) is 5.75 Å². The van der Waals surface area contributed by atoms with Gasteiger partial charge in [-0.2, -0.15) is 0 Å². The Hall–Kier alpha value is -1.63. The maximum atomic E-state index is 11.7. The second kappa shape index (κ2) is 8.47. The fourth-order valence-corrected chi connectivity index (χ4v) is 1.52. The van der Waals surface area contributed by atoms with Crippen molar-refractivity contribution in [2.75, 3.05) is 39.3 Å². The number of benzene rings is 1. The van der Waals surface area contributed by atoms with Crippen LogP contribution in [-0.2, 0) is 9.53 Å². The molecule has 0 heterocycles. The van der Waals surface area contributed by atoms with Crippen LogP contribution >= 0.6 is 0 Å². The summed E-state index contributed by atoms with van der Waals surface area (Å²) in [5.74, 6) is 0.487. The number of ether oxygens (including phenoxy) is 2. The van der Waals surface area contributed by atoms with Crippen LogP contribution in [0.2, 0.25) is 0 Å². The zero-order chi connectivity index (χ0) is 14.1. The van der Waals surface area contributed by atoms with Crippen molar-refractivity contribution in [3.05, 3.63) is 24.3 Å². The monoisotopic (exact) mass is 268 g/mol. The molecule has 1 amide bonds. The second-order valence-corrected chi connectivity index (χ2v) is 4.00. The lowest BCUT2D eigenvalue weighted by atomic mass is 10.3. The highest BCUT2D eigenvalue weighted by atomic mass is 16.5. The van der Waals surface area contributed by atoms with Gasteiger partial charge in [0.05, 0.1) is 32.9 Å². The standard InChI is InChI=1S/C13H20N2O4/c1-18-9-11(8-16)14-7-13(17)15-10-4-3-5-12(6-10)19-2/h3-6,11,14,16H,7-9H2,1-2H3,(H,15,17). The zero-order valence-electron chi connectivity index (χ0n) is 11.2. The van der Waals surface area contributed by atoms with Crippen LogP contribution in [0.1, 0.15) is 0 Å². The first-order valence-corrected chi connectivity index (χ1v) is 5.96.